The highest BCUT2D eigenvalue weighted by Gasteiger charge is 1.98. The normalized spacial score (nSPS) is 11.1. The molecule has 2 heterocycles. The molecular formula is C16H18N4. The van der Waals surface area contributed by atoms with Gasteiger partial charge >= 0.3 is 0 Å². The molecule has 0 unspecified atom stereocenters. The van der Waals surface area contributed by atoms with Crippen LogP contribution in [0.3, 0.4) is 0 Å². The predicted octanol–water partition coefficient (Wildman–Crippen LogP) is 2.30. The Kier molecular flexibility index (Phi) is 3.74. The number of aryl methyl sites for hydroxylation is 1. The first-order valence-electron chi connectivity index (χ1n) is 6.82. The van der Waals surface area contributed by atoms with Crippen molar-refractivity contribution in [1.82, 2.24) is 20.1 Å². The Morgan fingerprint density at radius 1 is 1.10 bits per heavy atom. The number of hydrogen-bond donors (Lipinski definition) is 1. The van der Waals surface area contributed by atoms with E-state index in [-0.39, 0.29) is 0 Å². The molecule has 3 aromatic rings. The number of benzene rings is 1. The van der Waals surface area contributed by atoms with Crippen LogP contribution in [0.15, 0.2) is 49.1 Å². The molecule has 102 valence electrons. The number of rotatable bonds is 5. The van der Waals surface area contributed by atoms with Gasteiger partial charge in [-0.25, -0.2) is 0 Å². The molecule has 4 heteroatoms. The van der Waals surface area contributed by atoms with Gasteiger partial charge < -0.3 is 5.32 Å². The van der Waals surface area contributed by atoms with Crippen molar-refractivity contribution in [2.75, 3.05) is 6.54 Å². The highest BCUT2D eigenvalue weighted by molar-refractivity contribution is 5.81. The average Bonchev–Trinajstić information content (AvgIpc) is 2.89. The van der Waals surface area contributed by atoms with Gasteiger partial charge in [-0.05, 0) is 41.6 Å². The lowest BCUT2D eigenvalue weighted by Crippen LogP contribution is -2.16. The molecule has 1 N–H and O–H groups in total. The lowest BCUT2D eigenvalue weighted by molar-refractivity contribution is 0.686. The minimum atomic E-state index is 0.887. The maximum atomic E-state index is 4.17. The molecule has 0 spiro atoms. The molecule has 0 aliphatic carbocycles. The fraction of sp³-hybridized carbons (Fsp3) is 0.250. The third-order valence-electron chi connectivity index (χ3n) is 3.38. The number of aromatic nitrogens is 3. The second-order valence-corrected chi connectivity index (χ2v) is 5.01. The number of hydrogen-bond acceptors (Lipinski definition) is 3. The summed E-state index contributed by atoms with van der Waals surface area (Å²) >= 11 is 0. The van der Waals surface area contributed by atoms with E-state index in [1.165, 1.54) is 21.9 Å². The van der Waals surface area contributed by atoms with Gasteiger partial charge in [-0.15, -0.1) is 0 Å². The van der Waals surface area contributed by atoms with Gasteiger partial charge in [0.05, 0.1) is 6.20 Å². The number of nitrogens with zero attached hydrogens (tertiary/aromatic N) is 3. The van der Waals surface area contributed by atoms with E-state index >= 15 is 0 Å². The van der Waals surface area contributed by atoms with Gasteiger partial charge in [0, 0.05) is 37.6 Å². The lowest BCUT2D eigenvalue weighted by Gasteiger charge is -2.05. The van der Waals surface area contributed by atoms with Crippen molar-refractivity contribution in [2.24, 2.45) is 7.05 Å². The quantitative estimate of drug-likeness (QED) is 0.721. The van der Waals surface area contributed by atoms with Crippen LogP contribution in [-0.4, -0.2) is 21.3 Å². The van der Waals surface area contributed by atoms with E-state index in [1.807, 2.05) is 30.3 Å². The molecule has 0 bridgehead atoms. The van der Waals surface area contributed by atoms with Crippen LogP contribution in [-0.2, 0) is 20.0 Å². The van der Waals surface area contributed by atoms with Gasteiger partial charge in [-0.2, -0.15) is 5.10 Å². The fourth-order valence-electron chi connectivity index (χ4n) is 2.31. The first-order chi connectivity index (χ1) is 9.81. The Bertz CT molecular complexity index is 702. The summed E-state index contributed by atoms with van der Waals surface area (Å²) in [5, 5.41) is 10.1. The summed E-state index contributed by atoms with van der Waals surface area (Å²) in [6.07, 6.45) is 8.72. The maximum absolute atomic E-state index is 4.17. The van der Waals surface area contributed by atoms with E-state index in [4.69, 9.17) is 0 Å². The number of fused-ring (bicyclic) bond motifs is 1. The van der Waals surface area contributed by atoms with Crippen molar-refractivity contribution in [3.05, 3.63) is 60.2 Å². The summed E-state index contributed by atoms with van der Waals surface area (Å²) in [4.78, 5) is 4.13. The van der Waals surface area contributed by atoms with Crippen LogP contribution in [0.25, 0.3) is 10.8 Å². The second-order valence-electron chi connectivity index (χ2n) is 5.01. The van der Waals surface area contributed by atoms with Gasteiger partial charge in [0.15, 0.2) is 0 Å². The van der Waals surface area contributed by atoms with Crippen LogP contribution >= 0.6 is 0 Å². The largest absolute Gasteiger partial charge is 0.312 e. The fourth-order valence-corrected chi connectivity index (χ4v) is 2.31. The smallest absolute Gasteiger partial charge is 0.0522 e. The highest BCUT2D eigenvalue weighted by Crippen LogP contribution is 2.14. The maximum Gasteiger partial charge on any atom is 0.0522 e. The van der Waals surface area contributed by atoms with Crippen molar-refractivity contribution in [1.29, 1.82) is 0 Å². The zero-order chi connectivity index (χ0) is 13.8. The molecule has 0 aliphatic heterocycles. The van der Waals surface area contributed by atoms with Crippen molar-refractivity contribution >= 4 is 10.8 Å². The summed E-state index contributed by atoms with van der Waals surface area (Å²) in [6, 6.07) is 8.55. The molecule has 2 aromatic heterocycles. The zero-order valence-corrected chi connectivity index (χ0v) is 11.6. The van der Waals surface area contributed by atoms with Crippen molar-refractivity contribution in [2.45, 2.75) is 13.0 Å². The molecule has 3 rings (SSSR count). The van der Waals surface area contributed by atoms with E-state index < -0.39 is 0 Å². The van der Waals surface area contributed by atoms with Gasteiger partial charge in [0.2, 0.25) is 0 Å². The summed E-state index contributed by atoms with van der Waals surface area (Å²) in [7, 11) is 1.95. The van der Waals surface area contributed by atoms with E-state index in [0.717, 1.165) is 19.5 Å². The van der Waals surface area contributed by atoms with Gasteiger partial charge in [0.25, 0.3) is 0 Å². The molecule has 0 saturated heterocycles. The Hall–Kier alpha value is -2.20. The first-order valence-corrected chi connectivity index (χ1v) is 6.82. The molecule has 4 nitrogen and oxygen atoms in total. The number of nitrogens with one attached hydrogen (secondary N) is 1. The summed E-state index contributed by atoms with van der Waals surface area (Å²) in [5.74, 6) is 0. The molecular weight excluding hydrogens is 248 g/mol. The van der Waals surface area contributed by atoms with E-state index in [2.05, 4.69) is 45.9 Å². The summed E-state index contributed by atoms with van der Waals surface area (Å²) in [6.45, 7) is 1.85. The van der Waals surface area contributed by atoms with E-state index in [0.29, 0.717) is 0 Å². The molecule has 0 saturated carbocycles. The molecule has 1 aromatic carbocycles. The standard InChI is InChI=1S/C16H18N4/c1-20-12-14(10-19-20)4-6-17-9-13-2-3-16-11-18-7-5-15(16)8-13/h2-3,5,7-8,10-12,17H,4,6,9H2,1H3. The molecule has 0 aliphatic rings. The zero-order valence-electron chi connectivity index (χ0n) is 11.6. The molecule has 0 fully saturated rings. The summed E-state index contributed by atoms with van der Waals surface area (Å²) in [5.41, 5.74) is 2.57. The predicted molar refractivity (Wildman–Crippen MR) is 80.4 cm³/mol. The van der Waals surface area contributed by atoms with Crippen molar-refractivity contribution in [3.63, 3.8) is 0 Å². The van der Waals surface area contributed by atoms with Crippen molar-refractivity contribution < 1.29 is 0 Å². The Balaban J connectivity index is 1.54. The van der Waals surface area contributed by atoms with Crippen LogP contribution < -0.4 is 5.32 Å². The third kappa shape index (κ3) is 3.03. The topological polar surface area (TPSA) is 42.7 Å². The number of pyridine rings is 1. The average molecular weight is 266 g/mol. The monoisotopic (exact) mass is 266 g/mol. The summed E-state index contributed by atoms with van der Waals surface area (Å²) < 4.78 is 1.84. The van der Waals surface area contributed by atoms with Crippen LogP contribution in [0.1, 0.15) is 11.1 Å². The Morgan fingerprint density at radius 3 is 2.90 bits per heavy atom. The SMILES string of the molecule is Cn1cc(CCNCc2ccc3cnccc3c2)cn1. The minimum absolute atomic E-state index is 0.887. The second kappa shape index (κ2) is 5.84. The van der Waals surface area contributed by atoms with Gasteiger partial charge in [-0.3, -0.25) is 9.67 Å². The highest BCUT2D eigenvalue weighted by atomic mass is 15.2. The van der Waals surface area contributed by atoms with Crippen LogP contribution in [0.5, 0.6) is 0 Å². The molecule has 0 amide bonds. The lowest BCUT2D eigenvalue weighted by atomic mass is 10.1. The van der Waals surface area contributed by atoms with Crippen molar-refractivity contribution in [3.8, 4) is 0 Å². The molecule has 0 atom stereocenters. The van der Waals surface area contributed by atoms with Crippen LogP contribution in [0, 0.1) is 0 Å². The van der Waals surface area contributed by atoms with Crippen LogP contribution in [0.2, 0.25) is 0 Å². The van der Waals surface area contributed by atoms with E-state index in [1.54, 1.807) is 0 Å². The minimum Gasteiger partial charge on any atom is -0.312 e. The van der Waals surface area contributed by atoms with Gasteiger partial charge in [-0.1, -0.05) is 12.1 Å². The first kappa shape index (κ1) is 12.8. The Morgan fingerprint density at radius 2 is 2.05 bits per heavy atom. The van der Waals surface area contributed by atoms with E-state index in [9.17, 15) is 0 Å². The Labute approximate surface area is 118 Å². The molecule has 20 heavy (non-hydrogen) atoms. The third-order valence-corrected chi connectivity index (χ3v) is 3.38. The van der Waals surface area contributed by atoms with Gasteiger partial charge in [0.1, 0.15) is 0 Å². The van der Waals surface area contributed by atoms with Crippen LogP contribution in [0.4, 0.5) is 0 Å². The molecule has 0 radical (unpaired) electrons.